The van der Waals surface area contributed by atoms with Crippen LogP contribution in [0.3, 0.4) is 0 Å². The fourth-order valence-electron chi connectivity index (χ4n) is 5.18. The summed E-state index contributed by atoms with van der Waals surface area (Å²) >= 11 is 0. The van der Waals surface area contributed by atoms with E-state index in [0.29, 0.717) is 51.1 Å². The lowest BCUT2D eigenvalue weighted by Gasteiger charge is -2.31. The van der Waals surface area contributed by atoms with Crippen molar-refractivity contribution in [2.75, 3.05) is 32.9 Å². The molecule has 9 nitrogen and oxygen atoms in total. The van der Waals surface area contributed by atoms with Crippen molar-refractivity contribution >= 4 is 16.3 Å². The van der Waals surface area contributed by atoms with Crippen LogP contribution in [0.1, 0.15) is 49.7 Å². The molecule has 2 aromatic rings. The standard InChI is InChI=1S/C28H37NO8S/c1-19-14-22(6-7-27(19)23-4-3-5-25(16-23)36-26(17-30)18-31)21-8-11-29(12-9-21)38(33,34)37-28(32)24-10-13-35-20(2)15-24/h3-7,14,16,20-21,24,26,30-31H,8-13,15,17-18H2,1-2H3. The molecule has 0 aromatic heterocycles. The van der Waals surface area contributed by atoms with Crippen LogP contribution in [0.2, 0.25) is 0 Å². The SMILES string of the molecule is Cc1cc(C2CCN(S(=O)(=O)OC(=O)C3CCOC(C)C3)CC2)ccc1-c1cccc(OC(CO)CO)c1. The van der Waals surface area contributed by atoms with Crippen molar-refractivity contribution in [3.8, 4) is 16.9 Å². The van der Waals surface area contributed by atoms with E-state index in [2.05, 4.69) is 18.2 Å². The van der Waals surface area contributed by atoms with E-state index in [9.17, 15) is 23.4 Å². The van der Waals surface area contributed by atoms with E-state index in [1.54, 1.807) is 6.07 Å². The number of aryl methyl sites for hydroxylation is 1. The Hall–Kier alpha value is -2.50. The second kappa shape index (κ2) is 12.6. The predicted molar refractivity (Wildman–Crippen MR) is 142 cm³/mol. The van der Waals surface area contributed by atoms with Gasteiger partial charge < -0.3 is 23.9 Å². The summed E-state index contributed by atoms with van der Waals surface area (Å²) in [5.41, 5.74) is 4.22. The Morgan fingerprint density at radius 1 is 1.11 bits per heavy atom. The molecule has 208 valence electrons. The highest BCUT2D eigenvalue weighted by Gasteiger charge is 2.35. The van der Waals surface area contributed by atoms with Gasteiger partial charge in [-0.05, 0) is 79.8 Å². The van der Waals surface area contributed by atoms with E-state index in [1.165, 1.54) is 4.31 Å². The number of carbonyl (C=O) groups is 1. The fraction of sp³-hybridized carbons (Fsp3) is 0.536. The molecule has 0 spiro atoms. The summed E-state index contributed by atoms with van der Waals surface area (Å²) < 4.78 is 42.9. The maximum Gasteiger partial charge on any atom is 0.387 e. The van der Waals surface area contributed by atoms with E-state index in [4.69, 9.17) is 13.7 Å². The van der Waals surface area contributed by atoms with Crippen LogP contribution in [0.15, 0.2) is 42.5 Å². The predicted octanol–water partition coefficient (Wildman–Crippen LogP) is 3.18. The van der Waals surface area contributed by atoms with Gasteiger partial charge in [0, 0.05) is 19.7 Å². The molecule has 38 heavy (non-hydrogen) atoms. The number of carbonyl (C=O) groups excluding carboxylic acids is 1. The molecule has 2 fully saturated rings. The Morgan fingerprint density at radius 2 is 1.84 bits per heavy atom. The van der Waals surface area contributed by atoms with Gasteiger partial charge in [-0.2, -0.15) is 12.7 Å². The van der Waals surface area contributed by atoms with Crippen LogP contribution in [0.4, 0.5) is 0 Å². The Labute approximate surface area is 224 Å². The van der Waals surface area contributed by atoms with E-state index in [1.807, 2.05) is 32.0 Å². The number of hydrogen-bond donors (Lipinski definition) is 2. The van der Waals surface area contributed by atoms with Gasteiger partial charge in [-0.25, -0.2) is 0 Å². The van der Waals surface area contributed by atoms with Gasteiger partial charge in [0.05, 0.1) is 25.2 Å². The number of rotatable bonds is 9. The van der Waals surface area contributed by atoms with Crippen molar-refractivity contribution in [1.29, 1.82) is 0 Å². The summed E-state index contributed by atoms with van der Waals surface area (Å²) in [5, 5.41) is 18.6. The number of aliphatic hydroxyl groups excluding tert-OH is 2. The zero-order valence-corrected chi connectivity index (χ0v) is 22.7. The van der Waals surface area contributed by atoms with E-state index >= 15 is 0 Å². The molecule has 0 radical (unpaired) electrons. The maximum absolute atomic E-state index is 12.8. The minimum Gasteiger partial charge on any atom is -0.486 e. The summed E-state index contributed by atoms with van der Waals surface area (Å²) in [6.45, 7) is 4.37. The molecular formula is C28H37NO8S. The molecule has 2 atom stereocenters. The number of aliphatic hydroxyl groups is 2. The zero-order valence-electron chi connectivity index (χ0n) is 21.9. The molecule has 2 saturated heterocycles. The molecule has 2 aromatic carbocycles. The van der Waals surface area contributed by atoms with Gasteiger partial charge in [0.2, 0.25) is 0 Å². The van der Waals surface area contributed by atoms with Crippen LogP contribution in [0.5, 0.6) is 5.75 Å². The summed E-state index contributed by atoms with van der Waals surface area (Å²) in [6.07, 6.45) is 1.45. The van der Waals surface area contributed by atoms with Crippen molar-refractivity contribution in [3.63, 3.8) is 0 Å². The van der Waals surface area contributed by atoms with Crippen LogP contribution < -0.4 is 4.74 Å². The Balaban J connectivity index is 1.37. The van der Waals surface area contributed by atoms with Gasteiger partial charge in [0.1, 0.15) is 11.9 Å². The van der Waals surface area contributed by atoms with E-state index < -0.39 is 28.3 Å². The highest BCUT2D eigenvalue weighted by molar-refractivity contribution is 7.84. The second-order valence-corrected chi connectivity index (χ2v) is 11.7. The second-order valence-electron chi connectivity index (χ2n) is 10.1. The Morgan fingerprint density at radius 3 is 2.50 bits per heavy atom. The number of nitrogens with zero attached hydrogens (tertiary/aromatic N) is 1. The average Bonchev–Trinajstić information content (AvgIpc) is 2.91. The van der Waals surface area contributed by atoms with E-state index in [0.717, 1.165) is 22.3 Å². The molecule has 2 aliphatic heterocycles. The minimum atomic E-state index is -4.12. The minimum absolute atomic E-state index is 0.0863. The lowest BCUT2D eigenvalue weighted by molar-refractivity contribution is -0.143. The molecule has 4 rings (SSSR count). The molecule has 0 bridgehead atoms. The molecule has 0 amide bonds. The van der Waals surface area contributed by atoms with Crippen molar-refractivity contribution in [2.24, 2.45) is 5.92 Å². The van der Waals surface area contributed by atoms with E-state index in [-0.39, 0.29) is 25.2 Å². The zero-order chi connectivity index (χ0) is 27.3. The first-order chi connectivity index (χ1) is 18.2. The molecule has 0 saturated carbocycles. The fourth-order valence-corrected chi connectivity index (χ4v) is 6.28. The number of benzene rings is 2. The molecule has 10 heteroatoms. The van der Waals surface area contributed by atoms with Crippen molar-refractivity contribution in [1.82, 2.24) is 4.31 Å². The van der Waals surface area contributed by atoms with Gasteiger partial charge in [0.15, 0.2) is 0 Å². The molecule has 0 aliphatic carbocycles. The van der Waals surface area contributed by atoms with Gasteiger partial charge in [0.25, 0.3) is 0 Å². The molecule has 2 heterocycles. The van der Waals surface area contributed by atoms with Gasteiger partial charge in [-0.1, -0.05) is 30.3 Å². The van der Waals surface area contributed by atoms with Crippen LogP contribution in [-0.2, 0) is 24.0 Å². The van der Waals surface area contributed by atoms with Crippen molar-refractivity contribution in [3.05, 3.63) is 53.6 Å². The largest absolute Gasteiger partial charge is 0.486 e. The molecule has 2 N–H and O–H groups in total. The number of piperidine rings is 1. The summed E-state index contributed by atoms with van der Waals surface area (Å²) in [7, 11) is -4.12. The normalized spacial score (nSPS) is 21.4. The number of hydrogen-bond acceptors (Lipinski definition) is 8. The third kappa shape index (κ3) is 6.92. The third-order valence-corrected chi connectivity index (χ3v) is 8.73. The highest BCUT2D eigenvalue weighted by atomic mass is 32.2. The average molecular weight is 548 g/mol. The molecule has 2 aliphatic rings. The monoisotopic (exact) mass is 547 g/mol. The van der Waals surface area contributed by atoms with Crippen molar-refractivity contribution in [2.45, 2.75) is 57.7 Å². The third-order valence-electron chi connectivity index (χ3n) is 7.35. The molecule has 2 unspecified atom stereocenters. The maximum atomic E-state index is 12.8. The lowest BCUT2D eigenvalue weighted by Crippen LogP contribution is -2.41. The van der Waals surface area contributed by atoms with Crippen LogP contribution in [0, 0.1) is 12.8 Å². The quantitative estimate of drug-likeness (QED) is 0.491. The van der Waals surface area contributed by atoms with Crippen LogP contribution >= 0.6 is 0 Å². The van der Waals surface area contributed by atoms with Gasteiger partial charge >= 0.3 is 16.3 Å². The molecular weight excluding hydrogens is 510 g/mol. The van der Waals surface area contributed by atoms with Gasteiger partial charge in [-0.3, -0.25) is 4.79 Å². The number of ether oxygens (including phenoxy) is 2. The van der Waals surface area contributed by atoms with Crippen LogP contribution in [0.25, 0.3) is 11.1 Å². The Bertz CT molecular complexity index is 1210. The first kappa shape index (κ1) is 28.5. The summed E-state index contributed by atoms with van der Waals surface area (Å²) in [6, 6.07) is 13.8. The summed E-state index contributed by atoms with van der Waals surface area (Å²) in [5.74, 6) is -0.373. The topological polar surface area (TPSA) is 123 Å². The van der Waals surface area contributed by atoms with Crippen molar-refractivity contribution < 1.29 is 37.1 Å². The van der Waals surface area contributed by atoms with Gasteiger partial charge in [-0.15, -0.1) is 0 Å². The Kier molecular flexibility index (Phi) is 9.43. The lowest BCUT2D eigenvalue weighted by atomic mass is 9.87. The smallest absolute Gasteiger partial charge is 0.387 e. The first-order valence-electron chi connectivity index (χ1n) is 13.1. The first-order valence-corrected chi connectivity index (χ1v) is 14.5. The summed E-state index contributed by atoms with van der Waals surface area (Å²) in [4.78, 5) is 12.5. The highest BCUT2D eigenvalue weighted by Crippen LogP contribution is 2.34. The van der Waals surface area contributed by atoms with Crippen LogP contribution in [-0.4, -0.2) is 74.0 Å².